The Balaban J connectivity index is 1.95. The molecule has 1 aliphatic rings. The van der Waals surface area contributed by atoms with Crippen LogP contribution in [0.25, 0.3) is 0 Å². The van der Waals surface area contributed by atoms with Gasteiger partial charge in [-0.25, -0.2) is 4.79 Å². The number of carbonyl (C=O) groups is 2. The zero-order chi connectivity index (χ0) is 19.0. The molecule has 0 bridgehead atoms. The summed E-state index contributed by atoms with van der Waals surface area (Å²) in [7, 11) is 4.43. The van der Waals surface area contributed by atoms with Crippen LogP contribution in [0.5, 0.6) is 0 Å². The molecule has 2 aromatic heterocycles. The van der Waals surface area contributed by atoms with Crippen molar-refractivity contribution in [2.45, 2.75) is 18.9 Å². The van der Waals surface area contributed by atoms with Crippen LogP contribution in [0.15, 0.2) is 27.8 Å². The number of carbonyl (C=O) groups excluding carboxylic acids is 2. The van der Waals surface area contributed by atoms with Gasteiger partial charge < -0.3 is 10.2 Å². The monoisotopic (exact) mass is 376 g/mol. The largest absolute Gasteiger partial charge is 0.354 e. The molecular weight excluding hydrogens is 356 g/mol. The van der Waals surface area contributed by atoms with Crippen molar-refractivity contribution in [2.75, 3.05) is 13.6 Å². The molecule has 1 fully saturated rings. The normalized spacial score (nSPS) is 16.7. The van der Waals surface area contributed by atoms with E-state index in [1.165, 1.54) is 36.1 Å². The molecule has 1 N–H and O–H groups in total. The first-order valence-corrected chi connectivity index (χ1v) is 9.06. The third-order valence-electron chi connectivity index (χ3n) is 4.66. The van der Waals surface area contributed by atoms with Gasteiger partial charge in [-0.3, -0.25) is 23.5 Å². The van der Waals surface area contributed by atoms with Crippen molar-refractivity contribution in [3.05, 3.63) is 54.5 Å². The molecule has 8 nitrogen and oxygen atoms in total. The van der Waals surface area contributed by atoms with Gasteiger partial charge in [0.15, 0.2) is 0 Å². The zero-order valence-electron chi connectivity index (χ0n) is 14.8. The molecule has 3 heterocycles. The Labute approximate surface area is 153 Å². The van der Waals surface area contributed by atoms with Crippen LogP contribution in [0.1, 0.15) is 43.9 Å². The Morgan fingerprint density at radius 1 is 1.19 bits per heavy atom. The van der Waals surface area contributed by atoms with Gasteiger partial charge in [-0.05, 0) is 25.0 Å². The molecule has 1 atom stereocenters. The third kappa shape index (κ3) is 2.98. The number of hydrogen-bond acceptors (Lipinski definition) is 5. The summed E-state index contributed by atoms with van der Waals surface area (Å²) in [6.07, 6.45) is 1.60. The molecule has 0 aliphatic carbocycles. The number of nitrogens with zero attached hydrogens (tertiary/aromatic N) is 3. The van der Waals surface area contributed by atoms with Crippen LogP contribution in [0.2, 0.25) is 0 Å². The lowest BCUT2D eigenvalue weighted by molar-refractivity contribution is 0.0725. The van der Waals surface area contributed by atoms with Gasteiger partial charge in [-0.15, -0.1) is 11.3 Å². The average molecular weight is 376 g/mol. The molecule has 2 aromatic rings. The van der Waals surface area contributed by atoms with Crippen molar-refractivity contribution in [3.8, 4) is 0 Å². The van der Waals surface area contributed by atoms with Gasteiger partial charge in [0.05, 0.1) is 10.9 Å². The molecule has 0 unspecified atom stereocenters. The molecule has 0 radical (unpaired) electrons. The minimum absolute atomic E-state index is 0.0769. The second-order valence-electron chi connectivity index (χ2n) is 6.21. The lowest BCUT2D eigenvalue weighted by atomic mass is 10.2. The first-order chi connectivity index (χ1) is 12.3. The van der Waals surface area contributed by atoms with Crippen LogP contribution in [0.3, 0.4) is 0 Å². The van der Waals surface area contributed by atoms with Gasteiger partial charge in [0.2, 0.25) is 0 Å². The number of aromatic nitrogens is 2. The van der Waals surface area contributed by atoms with E-state index in [4.69, 9.17) is 0 Å². The average Bonchev–Trinajstić information content (AvgIpc) is 3.30. The number of nitrogens with one attached hydrogen (secondary N) is 1. The van der Waals surface area contributed by atoms with Gasteiger partial charge in [-0.2, -0.15) is 0 Å². The van der Waals surface area contributed by atoms with Crippen LogP contribution in [-0.2, 0) is 14.1 Å². The summed E-state index contributed by atoms with van der Waals surface area (Å²) in [6, 6.07) is 4.64. The summed E-state index contributed by atoms with van der Waals surface area (Å²) in [5, 5.41) is 2.59. The Morgan fingerprint density at radius 2 is 1.92 bits per heavy atom. The summed E-state index contributed by atoms with van der Waals surface area (Å²) in [5.74, 6) is -0.509. The highest BCUT2D eigenvalue weighted by molar-refractivity contribution is 7.14. The molecule has 1 aliphatic heterocycles. The predicted octanol–water partition coefficient (Wildman–Crippen LogP) is 0.482. The fraction of sp³-hybridized carbons (Fsp3) is 0.412. The SMILES string of the molecule is CNC(=O)c1ccc([C@@H]2CCCN2C(=O)c2cc(=O)n(C)c(=O)n2C)s1. The van der Waals surface area contributed by atoms with Crippen molar-refractivity contribution in [3.63, 3.8) is 0 Å². The van der Waals surface area contributed by atoms with Crippen molar-refractivity contribution >= 4 is 23.2 Å². The van der Waals surface area contributed by atoms with E-state index in [0.29, 0.717) is 11.4 Å². The van der Waals surface area contributed by atoms with Gasteiger partial charge >= 0.3 is 5.69 Å². The lowest BCUT2D eigenvalue weighted by Crippen LogP contribution is -2.42. The van der Waals surface area contributed by atoms with Crippen molar-refractivity contribution in [1.82, 2.24) is 19.4 Å². The summed E-state index contributed by atoms with van der Waals surface area (Å²) in [4.78, 5) is 52.0. The van der Waals surface area contributed by atoms with Crippen LogP contribution < -0.4 is 16.6 Å². The second-order valence-corrected chi connectivity index (χ2v) is 7.32. The van der Waals surface area contributed by atoms with E-state index >= 15 is 0 Å². The highest BCUT2D eigenvalue weighted by atomic mass is 32.1. The van der Waals surface area contributed by atoms with E-state index in [2.05, 4.69) is 5.32 Å². The molecule has 3 rings (SSSR count). The number of amides is 2. The Bertz CT molecular complexity index is 987. The fourth-order valence-electron chi connectivity index (χ4n) is 3.17. The first kappa shape index (κ1) is 18.1. The third-order valence-corrected chi connectivity index (χ3v) is 5.85. The number of rotatable bonds is 3. The molecule has 9 heteroatoms. The molecule has 2 amide bonds. The topological polar surface area (TPSA) is 93.4 Å². The maximum atomic E-state index is 13.0. The lowest BCUT2D eigenvalue weighted by Gasteiger charge is -2.24. The Morgan fingerprint density at radius 3 is 2.62 bits per heavy atom. The minimum atomic E-state index is -0.533. The molecule has 1 saturated heterocycles. The first-order valence-electron chi connectivity index (χ1n) is 8.25. The van der Waals surface area contributed by atoms with E-state index in [9.17, 15) is 19.2 Å². The fourth-order valence-corrected chi connectivity index (χ4v) is 4.27. The summed E-state index contributed by atoms with van der Waals surface area (Å²) >= 11 is 1.35. The van der Waals surface area contributed by atoms with Gasteiger partial charge in [0.1, 0.15) is 5.69 Å². The van der Waals surface area contributed by atoms with Crippen LogP contribution in [0.4, 0.5) is 0 Å². The second kappa shape index (κ2) is 6.91. The van der Waals surface area contributed by atoms with Crippen molar-refractivity contribution in [2.24, 2.45) is 14.1 Å². The number of thiophene rings is 1. The molecule has 0 saturated carbocycles. The summed E-state index contributed by atoms with van der Waals surface area (Å²) < 4.78 is 2.16. The van der Waals surface area contributed by atoms with E-state index in [1.54, 1.807) is 18.0 Å². The van der Waals surface area contributed by atoms with Gasteiger partial charge in [-0.1, -0.05) is 0 Å². The molecular formula is C17H20N4O4S. The molecule has 0 spiro atoms. The maximum absolute atomic E-state index is 13.0. The standard InChI is InChI=1S/C17H20N4O4S/c1-18-15(23)13-7-6-12(26-13)10-5-4-8-21(10)16(24)11-9-14(22)20(3)17(25)19(11)2/h6-7,9-10H,4-5,8H2,1-3H3,(H,18,23)/t10-/m0/s1. The van der Waals surface area contributed by atoms with E-state index in [1.807, 2.05) is 6.07 Å². The quantitative estimate of drug-likeness (QED) is 0.843. The van der Waals surface area contributed by atoms with E-state index < -0.39 is 11.2 Å². The van der Waals surface area contributed by atoms with Crippen LogP contribution >= 0.6 is 11.3 Å². The van der Waals surface area contributed by atoms with Crippen LogP contribution in [0, 0.1) is 0 Å². The molecule has 0 aromatic carbocycles. The molecule has 26 heavy (non-hydrogen) atoms. The number of hydrogen-bond donors (Lipinski definition) is 1. The number of likely N-dealkylation sites (tertiary alicyclic amines) is 1. The summed E-state index contributed by atoms with van der Waals surface area (Å²) in [6.45, 7) is 0.542. The maximum Gasteiger partial charge on any atom is 0.331 e. The predicted molar refractivity (Wildman–Crippen MR) is 97.6 cm³/mol. The zero-order valence-corrected chi connectivity index (χ0v) is 15.6. The highest BCUT2D eigenvalue weighted by Gasteiger charge is 2.33. The highest BCUT2D eigenvalue weighted by Crippen LogP contribution is 2.36. The van der Waals surface area contributed by atoms with E-state index in [0.717, 1.165) is 22.3 Å². The van der Waals surface area contributed by atoms with Crippen molar-refractivity contribution < 1.29 is 9.59 Å². The smallest absolute Gasteiger partial charge is 0.331 e. The molecule has 138 valence electrons. The summed E-state index contributed by atoms with van der Waals surface area (Å²) in [5.41, 5.74) is -0.965. The van der Waals surface area contributed by atoms with Gasteiger partial charge in [0, 0.05) is 38.6 Å². The van der Waals surface area contributed by atoms with Crippen LogP contribution in [-0.4, -0.2) is 39.4 Å². The minimum Gasteiger partial charge on any atom is -0.354 e. The van der Waals surface area contributed by atoms with Crippen molar-refractivity contribution in [1.29, 1.82) is 0 Å². The Kier molecular flexibility index (Phi) is 4.82. The van der Waals surface area contributed by atoms with Gasteiger partial charge in [0.25, 0.3) is 17.4 Å². The van der Waals surface area contributed by atoms with E-state index in [-0.39, 0.29) is 23.6 Å². The Hall–Kier alpha value is -2.68.